The van der Waals surface area contributed by atoms with Crippen molar-refractivity contribution in [2.24, 2.45) is 0 Å². The standard InChI is InChI=1S/C17H19FN2O2S/c1-12-6-5-9-16(17(12)18)23(21,22)20-15-11-19-10-14(15)13-7-3-2-4-8-13/h2-9,14-15,19-20H,10-11H2,1H3/t14-,15+/m0/s1. The van der Waals surface area contributed by atoms with E-state index >= 15 is 0 Å². The topological polar surface area (TPSA) is 58.2 Å². The molecule has 0 aromatic heterocycles. The summed E-state index contributed by atoms with van der Waals surface area (Å²) in [6.45, 7) is 2.76. The highest BCUT2D eigenvalue weighted by atomic mass is 32.2. The van der Waals surface area contributed by atoms with Gasteiger partial charge in [-0.2, -0.15) is 0 Å². The average molecular weight is 334 g/mol. The first-order valence-electron chi connectivity index (χ1n) is 7.52. The molecule has 6 heteroatoms. The lowest BCUT2D eigenvalue weighted by molar-refractivity contribution is 0.527. The fourth-order valence-electron chi connectivity index (χ4n) is 2.94. The lowest BCUT2D eigenvalue weighted by atomic mass is 9.95. The molecule has 23 heavy (non-hydrogen) atoms. The van der Waals surface area contributed by atoms with E-state index < -0.39 is 15.8 Å². The molecule has 0 bridgehead atoms. The van der Waals surface area contributed by atoms with Crippen LogP contribution in [0, 0.1) is 12.7 Å². The number of nitrogens with one attached hydrogen (secondary N) is 2. The van der Waals surface area contributed by atoms with Crippen molar-refractivity contribution < 1.29 is 12.8 Å². The van der Waals surface area contributed by atoms with E-state index in [1.165, 1.54) is 6.07 Å². The fraction of sp³-hybridized carbons (Fsp3) is 0.294. The van der Waals surface area contributed by atoms with Gasteiger partial charge in [-0.15, -0.1) is 0 Å². The average Bonchev–Trinajstić information content (AvgIpc) is 2.98. The minimum atomic E-state index is -3.90. The Kier molecular flexibility index (Phi) is 4.48. The monoisotopic (exact) mass is 334 g/mol. The smallest absolute Gasteiger partial charge is 0.243 e. The lowest BCUT2D eigenvalue weighted by Gasteiger charge is -2.20. The number of aryl methyl sites for hydroxylation is 1. The van der Waals surface area contributed by atoms with Gasteiger partial charge in [0.1, 0.15) is 10.7 Å². The minimum Gasteiger partial charge on any atom is -0.314 e. The largest absolute Gasteiger partial charge is 0.314 e. The van der Waals surface area contributed by atoms with Gasteiger partial charge in [-0.05, 0) is 24.1 Å². The third kappa shape index (κ3) is 3.29. The van der Waals surface area contributed by atoms with E-state index in [-0.39, 0.29) is 16.9 Å². The van der Waals surface area contributed by atoms with Crippen LogP contribution in [-0.2, 0) is 10.0 Å². The molecule has 1 saturated heterocycles. The predicted octanol–water partition coefficient (Wildman–Crippen LogP) is 2.17. The Morgan fingerprint density at radius 1 is 1.09 bits per heavy atom. The summed E-state index contributed by atoms with van der Waals surface area (Å²) in [5.41, 5.74) is 1.38. The van der Waals surface area contributed by atoms with Gasteiger partial charge in [-0.3, -0.25) is 0 Å². The summed E-state index contributed by atoms with van der Waals surface area (Å²) >= 11 is 0. The molecule has 2 aromatic carbocycles. The molecule has 0 unspecified atom stereocenters. The highest BCUT2D eigenvalue weighted by Gasteiger charge is 2.33. The number of sulfonamides is 1. The Bertz CT molecular complexity index is 793. The Morgan fingerprint density at radius 3 is 2.57 bits per heavy atom. The molecule has 2 aromatic rings. The Balaban J connectivity index is 1.87. The zero-order valence-electron chi connectivity index (χ0n) is 12.8. The van der Waals surface area contributed by atoms with E-state index in [4.69, 9.17) is 0 Å². The molecule has 2 N–H and O–H groups in total. The van der Waals surface area contributed by atoms with E-state index in [1.54, 1.807) is 19.1 Å². The van der Waals surface area contributed by atoms with Crippen LogP contribution in [0.3, 0.4) is 0 Å². The Hall–Kier alpha value is -1.76. The maximum Gasteiger partial charge on any atom is 0.243 e. The van der Waals surface area contributed by atoms with Gasteiger partial charge < -0.3 is 5.32 Å². The summed E-state index contributed by atoms with van der Waals surface area (Å²) < 4.78 is 41.9. The normalized spacial score (nSPS) is 21.5. The number of halogens is 1. The van der Waals surface area contributed by atoms with Crippen LogP contribution in [0.15, 0.2) is 53.4 Å². The fourth-order valence-corrected chi connectivity index (χ4v) is 4.37. The van der Waals surface area contributed by atoms with Crippen molar-refractivity contribution in [3.05, 3.63) is 65.5 Å². The molecule has 0 radical (unpaired) electrons. The van der Waals surface area contributed by atoms with Crippen molar-refractivity contribution in [2.45, 2.75) is 23.8 Å². The maximum atomic E-state index is 14.2. The molecule has 1 heterocycles. The van der Waals surface area contributed by atoms with Gasteiger partial charge in [0.25, 0.3) is 0 Å². The van der Waals surface area contributed by atoms with Crippen LogP contribution < -0.4 is 10.0 Å². The Labute approximate surface area is 135 Å². The number of hydrogen-bond acceptors (Lipinski definition) is 3. The Morgan fingerprint density at radius 2 is 1.83 bits per heavy atom. The van der Waals surface area contributed by atoms with Gasteiger partial charge >= 0.3 is 0 Å². The first-order chi connectivity index (χ1) is 11.0. The van der Waals surface area contributed by atoms with E-state index in [0.29, 0.717) is 18.7 Å². The maximum absolute atomic E-state index is 14.2. The minimum absolute atomic E-state index is 0.0267. The molecule has 0 amide bonds. The second kappa shape index (κ2) is 6.39. The predicted molar refractivity (Wildman–Crippen MR) is 87.3 cm³/mol. The first-order valence-corrected chi connectivity index (χ1v) is 9.00. The summed E-state index contributed by atoms with van der Waals surface area (Å²) in [6.07, 6.45) is 0. The van der Waals surface area contributed by atoms with E-state index in [1.807, 2.05) is 30.3 Å². The third-order valence-electron chi connectivity index (χ3n) is 4.19. The van der Waals surface area contributed by atoms with Crippen LogP contribution in [0.1, 0.15) is 17.0 Å². The SMILES string of the molecule is Cc1cccc(S(=O)(=O)N[C@@H]2CNC[C@H]2c2ccccc2)c1F. The van der Waals surface area contributed by atoms with Gasteiger partial charge in [-0.1, -0.05) is 42.5 Å². The van der Waals surface area contributed by atoms with E-state index in [0.717, 1.165) is 5.56 Å². The number of rotatable bonds is 4. The summed E-state index contributed by atoms with van der Waals surface area (Å²) in [6, 6.07) is 13.8. The van der Waals surface area contributed by atoms with Crippen LogP contribution >= 0.6 is 0 Å². The summed E-state index contributed by atoms with van der Waals surface area (Å²) in [5, 5.41) is 3.20. The molecule has 2 atom stereocenters. The van der Waals surface area contributed by atoms with Crippen molar-refractivity contribution in [1.82, 2.24) is 10.0 Å². The summed E-state index contributed by atoms with van der Waals surface area (Å²) in [4.78, 5) is -0.295. The second-order valence-corrected chi connectivity index (χ2v) is 7.47. The summed E-state index contributed by atoms with van der Waals surface area (Å²) in [7, 11) is -3.90. The van der Waals surface area contributed by atoms with Crippen LogP contribution in [0.25, 0.3) is 0 Å². The lowest BCUT2D eigenvalue weighted by Crippen LogP contribution is -2.39. The molecule has 4 nitrogen and oxygen atoms in total. The molecule has 0 saturated carbocycles. The molecule has 3 rings (SSSR count). The van der Waals surface area contributed by atoms with Crippen LogP contribution in [-0.4, -0.2) is 27.5 Å². The van der Waals surface area contributed by atoms with E-state index in [2.05, 4.69) is 10.0 Å². The second-order valence-electron chi connectivity index (χ2n) is 5.79. The number of hydrogen-bond donors (Lipinski definition) is 2. The molecule has 122 valence electrons. The van der Waals surface area contributed by atoms with Crippen LogP contribution in [0.5, 0.6) is 0 Å². The molecular weight excluding hydrogens is 315 g/mol. The first kappa shape index (κ1) is 16.1. The molecule has 1 aliphatic heterocycles. The van der Waals surface area contributed by atoms with Crippen molar-refractivity contribution in [2.75, 3.05) is 13.1 Å². The molecule has 0 spiro atoms. The van der Waals surface area contributed by atoms with Crippen molar-refractivity contribution in [3.63, 3.8) is 0 Å². The van der Waals surface area contributed by atoms with Crippen molar-refractivity contribution >= 4 is 10.0 Å². The van der Waals surface area contributed by atoms with Gasteiger partial charge in [0.2, 0.25) is 10.0 Å². The molecular formula is C17H19FN2O2S. The third-order valence-corrected chi connectivity index (χ3v) is 5.70. The highest BCUT2D eigenvalue weighted by Crippen LogP contribution is 2.25. The van der Waals surface area contributed by atoms with E-state index in [9.17, 15) is 12.8 Å². The van der Waals surface area contributed by atoms with Crippen LogP contribution in [0.2, 0.25) is 0 Å². The van der Waals surface area contributed by atoms with Gasteiger partial charge in [0.05, 0.1) is 0 Å². The zero-order valence-corrected chi connectivity index (χ0v) is 13.6. The highest BCUT2D eigenvalue weighted by molar-refractivity contribution is 7.89. The van der Waals surface area contributed by atoms with Gasteiger partial charge in [-0.25, -0.2) is 17.5 Å². The summed E-state index contributed by atoms with van der Waals surface area (Å²) in [5.74, 6) is -0.666. The van der Waals surface area contributed by atoms with Crippen molar-refractivity contribution in [1.29, 1.82) is 0 Å². The molecule has 0 aliphatic carbocycles. The van der Waals surface area contributed by atoms with Gasteiger partial charge in [0.15, 0.2) is 0 Å². The molecule has 1 fully saturated rings. The quantitative estimate of drug-likeness (QED) is 0.901. The van der Waals surface area contributed by atoms with Crippen molar-refractivity contribution in [3.8, 4) is 0 Å². The zero-order chi connectivity index (χ0) is 16.4. The van der Waals surface area contributed by atoms with Gasteiger partial charge in [0, 0.05) is 25.0 Å². The number of benzene rings is 2. The molecule has 1 aliphatic rings. The van der Waals surface area contributed by atoms with Crippen LogP contribution in [0.4, 0.5) is 4.39 Å².